The van der Waals surface area contributed by atoms with Crippen LogP contribution in [-0.2, 0) is 23.7 Å². The normalized spacial score (nSPS) is 15.0. The summed E-state index contributed by atoms with van der Waals surface area (Å²) in [5.74, 6) is 1.40. The number of nitrogens with zero attached hydrogens (tertiary/aromatic N) is 4. The van der Waals surface area contributed by atoms with Crippen molar-refractivity contribution in [2.75, 3.05) is 10.6 Å². The van der Waals surface area contributed by atoms with E-state index in [0.717, 1.165) is 49.0 Å². The quantitative estimate of drug-likeness (QED) is 0.578. The molecule has 1 aromatic heterocycles. The van der Waals surface area contributed by atoms with Gasteiger partial charge in [-0.25, -0.2) is 13.4 Å². The number of nitriles is 1. The number of aryl methyl sites for hydroxylation is 1. The van der Waals surface area contributed by atoms with E-state index in [1.807, 2.05) is 29.8 Å². The van der Waals surface area contributed by atoms with Crippen LogP contribution in [0.2, 0.25) is 0 Å². The molecule has 1 fully saturated rings. The highest BCUT2D eigenvalue weighted by Gasteiger charge is 2.28. The van der Waals surface area contributed by atoms with Crippen LogP contribution in [0, 0.1) is 11.3 Å². The van der Waals surface area contributed by atoms with Crippen LogP contribution in [0.4, 0.5) is 5.69 Å². The van der Waals surface area contributed by atoms with Gasteiger partial charge in [0, 0.05) is 13.1 Å². The predicted molar refractivity (Wildman–Crippen MR) is 120 cm³/mol. The second-order valence-corrected chi connectivity index (χ2v) is 9.90. The molecule has 162 valence electrons. The van der Waals surface area contributed by atoms with E-state index in [1.54, 1.807) is 28.6 Å². The molecule has 3 aromatic rings. The van der Waals surface area contributed by atoms with Gasteiger partial charge in [0.15, 0.2) is 0 Å². The molecule has 0 N–H and O–H groups in total. The number of fused-ring (bicyclic) bond motifs is 1. The van der Waals surface area contributed by atoms with Gasteiger partial charge in [-0.3, -0.25) is 4.31 Å². The maximum atomic E-state index is 12.6. The van der Waals surface area contributed by atoms with Gasteiger partial charge in [-0.05, 0) is 55.3 Å². The molecule has 0 unspecified atom stereocenters. The minimum Gasteiger partial charge on any atom is -0.486 e. The third-order valence-electron chi connectivity index (χ3n) is 5.83. The summed E-state index contributed by atoms with van der Waals surface area (Å²) in [6.07, 6.45) is 6.32. The van der Waals surface area contributed by atoms with Crippen molar-refractivity contribution in [3.63, 3.8) is 0 Å². The molecule has 8 heteroatoms. The molecular formula is C23H26N4O3S. The molecule has 0 radical (unpaired) electrons. The van der Waals surface area contributed by atoms with Crippen molar-refractivity contribution < 1.29 is 13.2 Å². The van der Waals surface area contributed by atoms with Gasteiger partial charge >= 0.3 is 0 Å². The summed E-state index contributed by atoms with van der Waals surface area (Å²) in [6.45, 7) is 0.269. The Balaban J connectivity index is 1.60. The maximum Gasteiger partial charge on any atom is 0.232 e. The molecule has 0 atom stereocenters. The summed E-state index contributed by atoms with van der Waals surface area (Å²) in [4.78, 5) is 4.70. The Hall–Kier alpha value is -3.05. The molecule has 31 heavy (non-hydrogen) atoms. The first-order valence-electron chi connectivity index (χ1n) is 10.4. The van der Waals surface area contributed by atoms with Crippen molar-refractivity contribution in [1.29, 1.82) is 5.26 Å². The largest absolute Gasteiger partial charge is 0.486 e. The molecule has 7 nitrogen and oxygen atoms in total. The van der Waals surface area contributed by atoms with Crippen molar-refractivity contribution in [1.82, 2.24) is 9.55 Å². The first kappa shape index (κ1) is 21.2. The number of rotatable bonds is 6. The van der Waals surface area contributed by atoms with E-state index in [-0.39, 0.29) is 12.6 Å². The lowest BCUT2D eigenvalue weighted by Gasteiger charge is -2.34. The van der Waals surface area contributed by atoms with Crippen LogP contribution >= 0.6 is 0 Å². The maximum absolute atomic E-state index is 12.6. The van der Waals surface area contributed by atoms with E-state index in [0.29, 0.717) is 17.0 Å². The summed E-state index contributed by atoms with van der Waals surface area (Å²) >= 11 is 0. The minimum atomic E-state index is -3.39. The predicted octanol–water partition coefficient (Wildman–Crippen LogP) is 4.12. The average Bonchev–Trinajstić information content (AvgIpc) is 3.07. The van der Waals surface area contributed by atoms with E-state index in [2.05, 4.69) is 6.07 Å². The first-order valence-corrected chi connectivity index (χ1v) is 12.3. The summed E-state index contributed by atoms with van der Waals surface area (Å²) in [5, 5.41) is 8.90. The fourth-order valence-corrected chi connectivity index (χ4v) is 5.52. The highest BCUT2D eigenvalue weighted by atomic mass is 32.2. The lowest BCUT2D eigenvalue weighted by atomic mass is 9.95. The number of ether oxygens (including phenoxy) is 1. The molecule has 2 aromatic carbocycles. The number of hydrogen-bond acceptors (Lipinski definition) is 5. The molecule has 1 aliphatic carbocycles. The van der Waals surface area contributed by atoms with Gasteiger partial charge in [-0.15, -0.1) is 0 Å². The third-order valence-corrected chi connectivity index (χ3v) is 7.05. The fraction of sp³-hybridized carbons (Fsp3) is 0.391. The molecule has 4 rings (SSSR count). The molecular weight excluding hydrogens is 412 g/mol. The third kappa shape index (κ3) is 4.52. The van der Waals surface area contributed by atoms with Gasteiger partial charge in [-0.2, -0.15) is 5.26 Å². The topological polar surface area (TPSA) is 88.2 Å². The Kier molecular flexibility index (Phi) is 5.88. The Bertz CT molecular complexity index is 1220. The molecule has 0 amide bonds. The lowest BCUT2D eigenvalue weighted by molar-refractivity contribution is 0.292. The number of benzene rings is 2. The number of hydrogen-bond donors (Lipinski definition) is 0. The van der Waals surface area contributed by atoms with Crippen LogP contribution in [0.25, 0.3) is 11.0 Å². The standard InChI is InChI=1S/C23H26N4O3S/c1-26-22-13-10-19(27(31(2,28)29)18-6-4-3-5-7-18)14-21(22)25-23(26)16-30-20-11-8-17(15-24)9-12-20/h8-14,18H,3-7,16H2,1-2H3. The summed E-state index contributed by atoms with van der Waals surface area (Å²) in [7, 11) is -1.47. The summed E-state index contributed by atoms with van der Waals surface area (Å²) < 4.78 is 34.6. The summed E-state index contributed by atoms with van der Waals surface area (Å²) in [6, 6.07) is 14.7. The lowest BCUT2D eigenvalue weighted by Crippen LogP contribution is -2.40. The molecule has 1 aliphatic rings. The molecule has 0 saturated heterocycles. The van der Waals surface area contributed by atoms with Crippen LogP contribution in [0.5, 0.6) is 5.75 Å². The molecule has 0 spiro atoms. The molecule has 0 bridgehead atoms. The van der Waals surface area contributed by atoms with Crippen molar-refractivity contribution in [2.24, 2.45) is 7.05 Å². The van der Waals surface area contributed by atoms with Gasteiger partial charge < -0.3 is 9.30 Å². The SMILES string of the molecule is Cn1c(COc2ccc(C#N)cc2)nc2cc(N(C3CCCCC3)S(C)(=O)=O)ccc21. The summed E-state index contributed by atoms with van der Waals surface area (Å²) in [5.41, 5.74) is 2.90. The second-order valence-electron chi connectivity index (χ2n) is 8.04. The first-order chi connectivity index (χ1) is 14.9. The Morgan fingerprint density at radius 2 is 1.87 bits per heavy atom. The van der Waals surface area contributed by atoms with Crippen molar-refractivity contribution in [3.05, 3.63) is 53.9 Å². The van der Waals surface area contributed by atoms with Crippen LogP contribution in [0.1, 0.15) is 43.5 Å². The van der Waals surface area contributed by atoms with Crippen LogP contribution in [0.3, 0.4) is 0 Å². The minimum absolute atomic E-state index is 0.00379. The van der Waals surface area contributed by atoms with Gasteiger partial charge in [0.25, 0.3) is 0 Å². The second kappa shape index (κ2) is 8.60. The Morgan fingerprint density at radius 1 is 1.16 bits per heavy atom. The highest BCUT2D eigenvalue weighted by molar-refractivity contribution is 7.92. The smallest absolute Gasteiger partial charge is 0.232 e. The molecule has 1 heterocycles. The van der Waals surface area contributed by atoms with E-state index in [4.69, 9.17) is 15.0 Å². The molecule has 0 aliphatic heterocycles. The highest BCUT2D eigenvalue weighted by Crippen LogP contribution is 2.31. The van der Waals surface area contributed by atoms with Crippen LogP contribution in [-0.4, -0.2) is 30.3 Å². The van der Waals surface area contributed by atoms with Gasteiger partial charge in [0.2, 0.25) is 10.0 Å². The Morgan fingerprint density at radius 3 is 2.52 bits per heavy atom. The Labute approximate surface area is 182 Å². The monoisotopic (exact) mass is 438 g/mol. The van der Waals surface area contributed by atoms with Crippen molar-refractivity contribution >= 4 is 26.7 Å². The van der Waals surface area contributed by atoms with E-state index < -0.39 is 10.0 Å². The number of anilines is 1. The van der Waals surface area contributed by atoms with Gasteiger partial charge in [0.05, 0.1) is 34.6 Å². The zero-order valence-corrected chi connectivity index (χ0v) is 18.6. The average molecular weight is 439 g/mol. The van der Waals surface area contributed by atoms with Gasteiger partial charge in [-0.1, -0.05) is 19.3 Å². The van der Waals surface area contributed by atoms with Crippen molar-refractivity contribution in [2.45, 2.75) is 44.8 Å². The number of aromatic nitrogens is 2. The number of sulfonamides is 1. The number of imidazole rings is 1. The van der Waals surface area contributed by atoms with E-state index in [1.165, 1.54) is 6.26 Å². The zero-order chi connectivity index (χ0) is 22.0. The van der Waals surface area contributed by atoms with E-state index in [9.17, 15) is 8.42 Å². The molecule has 1 saturated carbocycles. The van der Waals surface area contributed by atoms with Gasteiger partial charge in [0.1, 0.15) is 18.2 Å². The zero-order valence-electron chi connectivity index (χ0n) is 17.8. The van der Waals surface area contributed by atoms with Crippen LogP contribution in [0.15, 0.2) is 42.5 Å². The van der Waals surface area contributed by atoms with Crippen LogP contribution < -0.4 is 9.04 Å². The fourth-order valence-electron chi connectivity index (χ4n) is 4.27. The van der Waals surface area contributed by atoms with Crippen molar-refractivity contribution in [3.8, 4) is 11.8 Å². The van der Waals surface area contributed by atoms with E-state index >= 15 is 0 Å².